The second-order valence-corrected chi connectivity index (χ2v) is 4.24. The Bertz CT molecular complexity index is 262. The Morgan fingerprint density at radius 2 is 2.38 bits per heavy atom. The van der Waals surface area contributed by atoms with Crippen LogP contribution in [-0.4, -0.2) is 6.29 Å². The molecule has 1 aliphatic rings. The summed E-state index contributed by atoms with van der Waals surface area (Å²) in [5.74, 6) is 0.302. The molecule has 0 N–H and O–H groups in total. The zero-order valence-electron chi connectivity index (χ0n) is 8.76. The average molecular weight is 178 g/mol. The van der Waals surface area contributed by atoms with Crippen molar-refractivity contribution in [2.75, 3.05) is 0 Å². The fourth-order valence-electron chi connectivity index (χ4n) is 2.16. The lowest BCUT2D eigenvalue weighted by atomic mass is 9.66. The minimum atomic E-state index is -0.292. The molecule has 1 aliphatic carbocycles. The van der Waals surface area contributed by atoms with Crippen LogP contribution in [-0.2, 0) is 4.79 Å². The lowest BCUT2D eigenvalue weighted by molar-refractivity contribution is -0.116. The van der Waals surface area contributed by atoms with Crippen LogP contribution in [0.4, 0.5) is 0 Å². The third-order valence-electron chi connectivity index (χ3n) is 3.28. The van der Waals surface area contributed by atoms with Crippen LogP contribution in [0.25, 0.3) is 0 Å². The van der Waals surface area contributed by atoms with E-state index < -0.39 is 0 Å². The minimum Gasteiger partial charge on any atom is -0.302 e. The number of carbonyl (C=O) groups excluding carboxylic acids is 1. The lowest BCUT2D eigenvalue weighted by Crippen LogP contribution is -2.33. The minimum absolute atomic E-state index is 0.292. The summed E-state index contributed by atoms with van der Waals surface area (Å²) in [5, 5.41) is 0. The van der Waals surface area contributed by atoms with E-state index in [1.54, 1.807) is 0 Å². The molecule has 0 heterocycles. The molecule has 2 atom stereocenters. The highest BCUT2D eigenvalue weighted by Crippen LogP contribution is 2.42. The number of aldehydes is 1. The van der Waals surface area contributed by atoms with E-state index >= 15 is 0 Å². The van der Waals surface area contributed by atoms with Crippen LogP contribution in [0.1, 0.15) is 33.6 Å². The molecule has 1 nitrogen and oxygen atoms in total. The van der Waals surface area contributed by atoms with Gasteiger partial charge in [0, 0.05) is 0 Å². The first-order valence-corrected chi connectivity index (χ1v) is 4.82. The van der Waals surface area contributed by atoms with Gasteiger partial charge in [0.25, 0.3) is 0 Å². The molecule has 0 spiro atoms. The molecule has 0 fully saturated rings. The van der Waals surface area contributed by atoms with E-state index in [0.717, 1.165) is 24.7 Å². The van der Waals surface area contributed by atoms with Gasteiger partial charge in [-0.1, -0.05) is 30.7 Å². The summed E-state index contributed by atoms with van der Waals surface area (Å²) in [5.41, 5.74) is 2.10. The number of hydrogen-bond donors (Lipinski definition) is 0. The molecule has 0 saturated heterocycles. The third-order valence-corrected chi connectivity index (χ3v) is 3.28. The highest BCUT2D eigenvalue weighted by molar-refractivity contribution is 5.66. The molecule has 0 radical (unpaired) electrons. The smallest absolute Gasteiger partial charge is 0.130 e. The monoisotopic (exact) mass is 178 g/mol. The van der Waals surface area contributed by atoms with Crippen molar-refractivity contribution in [2.45, 2.75) is 33.6 Å². The fraction of sp³-hybridized carbons (Fsp3) is 0.583. The Hall–Kier alpha value is -0.850. The van der Waals surface area contributed by atoms with Gasteiger partial charge in [-0.2, -0.15) is 0 Å². The molecule has 0 amide bonds. The van der Waals surface area contributed by atoms with Gasteiger partial charge in [-0.05, 0) is 32.6 Å². The SMILES string of the molecule is C=C(C)[C@]1(C=O)CCC(C)=C[C@H]1C. The topological polar surface area (TPSA) is 17.1 Å². The Kier molecular flexibility index (Phi) is 2.74. The molecule has 0 unspecified atom stereocenters. The van der Waals surface area contributed by atoms with E-state index in [1.807, 2.05) is 6.92 Å². The van der Waals surface area contributed by atoms with Gasteiger partial charge < -0.3 is 4.79 Å². The molecule has 0 bridgehead atoms. The summed E-state index contributed by atoms with van der Waals surface area (Å²) in [4.78, 5) is 11.2. The summed E-state index contributed by atoms with van der Waals surface area (Å²) in [7, 11) is 0. The van der Waals surface area contributed by atoms with Crippen LogP contribution in [0.2, 0.25) is 0 Å². The van der Waals surface area contributed by atoms with Crippen molar-refractivity contribution in [1.29, 1.82) is 0 Å². The van der Waals surface area contributed by atoms with E-state index in [2.05, 4.69) is 26.5 Å². The van der Waals surface area contributed by atoms with Gasteiger partial charge >= 0.3 is 0 Å². The predicted octanol–water partition coefficient (Wildman–Crippen LogP) is 3.12. The molecule has 0 saturated carbocycles. The quantitative estimate of drug-likeness (QED) is 0.469. The summed E-state index contributed by atoms with van der Waals surface area (Å²) < 4.78 is 0. The van der Waals surface area contributed by atoms with Gasteiger partial charge in [0.2, 0.25) is 0 Å². The lowest BCUT2D eigenvalue weighted by Gasteiger charge is -2.37. The fourth-order valence-corrected chi connectivity index (χ4v) is 2.16. The van der Waals surface area contributed by atoms with Crippen molar-refractivity contribution >= 4 is 6.29 Å². The van der Waals surface area contributed by atoms with Crippen LogP contribution in [0.3, 0.4) is 0 Å². The second-order valence-electron chi connectivity index (χ2n) is 4.24. The Morgan fingerprint density at radius 1 is 1.77 bits per heavy atom. The van der Waals surface area contributed by atoms with Crippen molar-refractivity contribution in [2.24, 2.45) is 11.3 Å². The van der Waals surface area contributed by atoms with E-state index in [1.165, 1.54) is 5.57 Å². The number of allylic oxidation sites excluding steroid dienone is 3. The summed E-state index contributed by atoms with van der Waals surface area (Å²) in [6, 6.07) is 0. The van der Waals surface area contributed by atoms with Crippen LogP contribution < -0.4 is 0 Å². The van der Waals surface area contributed by atoms with E-state index in [0.29, 0.717) is 5.92 Å². The van der Waals surface area contributed by atoms with Gasteiger partial charge in [-0.25, -0.2) is 0 Å². The summed E-state index contributed by atoms with van der Waals surface area (Å²) in [6.07, 6.45) is 5.24. The predicted molar refractivity (Wildman–Crippen MR) is 55.5 cm³/mol. The zero-order chi connectivity index (χ0) is 10.1. The summed E-state index contributed by atoms with van der Waals surface area (Å²) >= 11 is 0. The normalized spacial score (nSPS) is 33.8. The number of rotatable bonds is 2. The molecule has 0 aromatic carbocycles. The van der Waals surface area contributed by atoms with Gasteiger partial charge in [0.15, 0.2) is 0 Å². The second kappa shape index (κ2) is 3.49. The Balaban J connectivity index is 3.03. The van der Waals surface area contributed by atoms with Crippen molar-refractivity contribution in [3.63, 3.8) is 0 Å². The first-order valence-electron chi connectivity index (χ1n) is 4.82. The van der Waals surface area contributed by atoms with Crippen LogP contribution in [0.5, 0.6) is 0 Å². The molecule has 13 heavy (non-hydrogen) atoms. The van der Waals surface area contributed by atoms with Gasteiger partial charge in [-0.3, -0.25) is 0 Å². The first kappa shape index (κ1) is 10.2. The van der Waals surface area contributed by atoms with Gasteiger partial charge in [0.05, 0.1) is 5.41 Å². The van der Waals surface area contributed by atoms with Gasteiger partial charge in [-0.15, -0.1) is 0 Å². The standard InChI is InChI=1S/C12H18O/c1-9(2)12(8-13)6-5-10(3)7-11(12)4/h7-8,11H,1,5-6H2,2-4H3/t11-,12-/m1/s1. The maximum atomic E-state index is 11.2. The molecule has 0 aromatic heterocycles. The highest BCUT2D eigenvalue weighted by atomic mass is 16.1. The molecular weight excluding hydrogens is 160 g/mol. The first-order chi connectivity index (χ1) is 6.03. The molecule has 72 valence electrons. The Morgan fingerprint density at radius 3 is 2.77 bits per heavy atom. The van der Waals surface area contributed by atoms with E-state index in [4.69, 9.17) is 0 Å². The van der Waals surface area contributed by atoms with Crippen LogP contribution in [0, 0.1) is 11.3 Å². The maximum Gasteiger partial charge on any atom is 0.130 e. The van der Waals surface area contributed by atoms with E-state index in [-0.39, 0.29) is 5.41 Å². The Labute approximate surface area is 80.5 Å². The largest absolute Gasteiger partial charge is 0.302 e. The molecule has 0 aliphatic heterocycles. The zero-order valence-corrected chi connectivity index (χ0v) is 8.76. The summed E-state index contributed by atoms with van der Waals surface area (Å²) in [6.45, 7) is 10.1. The van der Waals surface area contributed by atoms with Crippen molar-refractivity contribution in [1.82, 2.24) is 0 Å². The van der Waals surface area contributed by atoms with Crippen LogP contribution in [0.15, 0.2) is 23.8 Å². The molecule has 1 heteroatoms. The number of carbonyl (C=O) groups is 1. The third kappa shape index (κ3) is 1.60. The number of hydrogen-bond acceptors (Lipinski definition) is 1. The van der Waals surface area contributed by atoms with Crippen molar-refractivity contribution in [3.05, 3.63) is 23.8 Å². The molecular formula is C12H18O. The molecule has 1 rings (SSSR count). The van der Waals surface area contributed by atoms with Crippen LogP contribution >= 0.6 is 0 Å². The van der Waals surface area contributed by atoms with E-state index in [9.17, 15) is 4.79 Å². The van der Waals surface area contributed by atoms with Crippen molar-refractivity contribution in [3.8, 4) is 0 Å². The average Bonchev–Trinajstić information content (AvgIpc) is 2.04. The van der Waals surface area contributed by atoms with Crippen molar-refractivity contribution < 1.29 is 4.79 Å². The highest BCUT2D eigenvalue weighted by Gasteiger charge is 2.37. The molecule has 0 aromatic rings. The maximum absolute atomic E-state index is 11.2. The van der Waals surface area contributed by atoms with Gasteiger partial charge in [0.1, 0.15) is 6.29 Å².